The van der Waals surface area contributed by atoms with Crippen molar-refractivity contribution in [2.45, 2.75) is 6.92 Å². The van der Waals surface area contributed by atoms with E-state index in [-0.39, 0.29) is 37.2 Å². The molecule has 1 aromatic rings. The molecule has 0 radical (unpaired) electrons. The number of halogens is 3. The molecule has 0 aliphatic heterocycles. The van der Waals surface area contributed by atoms with Gasteiger partial charge in [0.05, 0.1) is 0 Å². The summed E-state index contributed by atoms with van der Waals surface area (Å²) in [4.78, 5) is 0. The number of rotatable bonds is 0. The molecule has 0 N–H and O–H groups in total. The normalized spacial score (nSPS) is 7.50. The van der Waals surface area contributed by atoms with Crippen LogP contribution in [-0.4, -0.2) is 0 Å². The van der Waals surface area contributed by atoms with E-state index in [2.05, 4.69) is 18.8 Å². The SMILES string of the molecule is Cc1[pH]cc[c]1[Zr+3].[Cl-].[Cl-].[Cl-]. The molecule has 1 heterocycles. The van der Waals surface area contributed by atoms with Crippen molar-refractivity contribution in [2.24, 2.45) is 0 Å². The van der Waals surface area contributed by atoms with E-state index in [0.717, 1.165) is 8.19 Å². The van der Waals surface area contributed by atoms with Crippen LogP contribution in [0.2, 0.25) is 0 Å². The zero-order chi connectivity index (χ0) is 5.28. The van der Waals surface area contributed by atoms with Gasteiger partial charge in [0.25, 0.3) is 0 Å². The summed E-state index contributed by atoms with van der Waals surface area (Å²) in [5.74, 6) is 2.25. The third-order valence-electron chi connectivity index (χ3n) is 0.954. The summed E-state index contributed by atoms with van der Waals surface area (Å²) in [5, 5.41) is 1.58. The second-order valence-electron chi connectivity index (χ2n) is 1.52. The summed E-state index contributed by atoms with van der Waals surface area (Å²) in [5.41, 5.74) is 0. The van der Waals surface area contributed by atoms with Gasteiger partial charge in [0.2, 0.25) is 0 Å². The molecule has 1 aromatic heterocycles. The van der Waals surface area contributed by atoms with Gasteiger partial charge in [0.15, 0.2) is 0 Å². The van der Waals surface area contributed by atoms with Crippen molar-refractivity contribution in [3.05, 3.63) is 17.2 Å². The van der Waals surface area contributed by atoms with Crippen LogP contribution in [0.15, 0.2) is 11.9 Å². The molecule has 0 fully saturated rings. The Hall–Kier alpha value is 1.53. The molecule has 1 unspecified atom stereocenters. The molecule has 0 spiro atoms. The van der Waals surface area contributed by atoms with E-state index in [1.165, 1.54) is 0 Å². The van der Waals surface area contributed by atoms with Crippen molar-refractivity contribution in [1.29, 1.82) is 0 Å². The number of hydrogen-bond donors (Lipinski definition) is 0. The molecule has 1 atom stereocenters. The van der Waals surface area contributed by atoms with Gasteiger partial charge in [0.1, 0.15) is 0 Å². The van der Waals surface area contributed by atoms with Crippen LogP contribution in [0.25, 0.3) is 0 Å². The summed E-state index contributed by atoms with van der Waals surface area (Å²) in [7, 11) is 0.984. The topological polar surface area (TPSA) is 0 Å². The van der Waals surface area contributed by atoms with Crippen molar-refractivity contribution in [1.82, 2.24) is 0 Å². The van der Waals surface area contributed by atoms with Crippen LogP contribution in [0.4, 0.5) is 0 Å². The fourth-order valence-electron chi connectivity index (χ4n) is 0.453. The molecule has 0 saturated carbocycles. The smallest absolute Gasteiger partial charge is 1.00 e. The van der Waals surface area contributed by atoms with Crippen LogP contribution in [0.1, 0.15) is 5.30 Å². The van der Waals surface area contributed by atoms with Crippen LogP contribution in [0, 0.1) is 6.92 Å². The maximum atomic E-state index is 2.25. The van der Waals surface area contributed by atoms with Gasteiger partial charge in [-0.3, -0.25) is 0 Å². The Kier molecular flexibility index (Phi) is 15.2. The molecular formula is C5H6Cl3PZr. The van der Waals surface area contributed by atoms with E-state index in [0.29, 0.717) is 0 Å². The van der Waals surface area contributed by atoms with Gasteiger partial charge in [0, 0.05) is 0 Å². The average Bonchev–Trinajstić information content (AvgIpc) is 1.91. The van der Waals surface area contributed by atoms with Crippen LogP contribution < -0.4 is 40.5 Å². The zero-order valence-electron chi connectivity index (χ0n) is 5.29. The monoisotopic (exact) mass is 292 g/mol. The standard InChI is InChI=1S/C5H6P.3ClH.Zr/c1-5-3-2-4-6-5;;;;/h2,4,6H,1H3;3*1H;/q;;;;+3/p-3. The molecular weight excluding hydrogens is 289 g/mol. The van der Waals surface area contributed by atoms with E-state index in [4.69, 9.17) is 0 Å². The van der Waals surface area contributed by atoms with Crippen LogP contribution >= 0.6 is 8.19 Å². The first-order valence-corrected chi connectivity index (χ1v) is 4.47. The summed E-state index contributed by atoms with van der Waals surface area (Å²) < 4.78 is 1.55. The minimum atomic E-state index is 0. The largest absolute Gasteiger partial charge is 1.00 e. The molecule has 0 amide bonds. The van der Waals surface area contributed by atoms with E-state index in [1.807, 2.05) is 0 Å². The van der Waals surface area contributed by atoms with Gasteiger partial charge in [-0.15, -0.1) is 0 Å². The first kappa shape index (κ1) is 17.6. The summed E-state index contributed by atoms with van der Waals surface area (Å²) in [6.45, 7) is 2.21. The predicted molar refractivity (Wildman–Crippen MR) is 30.3 cm³/mol. The molecule has 10 heavy (non-hydrogen) atoms. The molecule has 0 nitrogen and oxygen atoms in total. The molecule has 1 rings (SSSR count). The molecule has 0 saturated heterocycles. The van der Waals surface area contributed by atoms with Crippen molar-refractivity contribution < 1.29 is 61.9 Å². The van der Waals surface area contributed by atoms with Crippen molar-refractivity contribution in [3.63, 3.8) is 0 Å². The second-order valence-corrected chi connectivity index (χ2v) is 4.21. The maximum Gasteiger partial charge on any atom is -1.00 e. The minimum absolute atomic E-state index is 0. The number of aryl methyl sites for hydroxylation is 1. The Labute approximate surface area is 96.7 Å². The summed E-state index contributed by atoms with van der Waals surface area (Å²) in [6.07, 6.45) is 0. The fraction of sp³-hybridized carbons (Fsp3) is 0.200. The van der Waals surface area contributed by atoms with Gasteiger partial charge in [-0.2, -0.15) is 0 Å². The maximum absolute atomic E-state index is 2.25. The van der Waals surface area contributed by atoms with Gasteiger partial charge < -0.3 is 37.2 Å². The molecule has 0 aliphatic carbocycles. The van der Waals surface area contributed by atoms with E-state index in [1.54, 1.807) is 33.3 Å². The average molecular weight is 295 g/mol. The van der Waals surface area contributed by atoms with Gasteiger partial charge in [-0.05, 0) is 0 Å². The van der Waals surface area contributed by atoms with Crippen LogP contribution in [-0.2, 0) is 24.7 Å². The second kappa shape index (κ2) is 8.63. The third kappa shape index (κ3) is 5.22. The van der Waals surface area contributed by atoms with Crippen molar-refractivity contribution in [2.75, 3.05) is 0 Å². The Morgan fingerprint density at radius 3 is 1.90 bits per heavy atom. The van der Waals surface area contributed by atoms with Crippen LogP contribution in [0.5, 0.6) is 0 Å². The zero-order valence-corrected chi connectivity index (χ0v) is 11.0. The Balaban J connectivity index is -0.000000163. The third-order valence-corrected chi connectivity index (χ3v) is 3.94. The van der Waals surface area contributed by atoms with E-state index in [9.17, 15) is 0 Å². The first-order chi connectivity index (χ1) is 3.30. The molecule has 5 heteroatoms. The Morgan fingerprint density at radius 1 is 1.30 bits per heavy atom. The van der Waals surface area contributed by atoms with E-state index < -0.39 is 0 Å². The molecule has 0 bridgehead atoms. The molecule has 0 aliphatic rings. The molecule has 56 valence electrons. The summed E-state index contributed by atoms with van der Waals surface area (Å²) in [6, 6.07) is 2.23. The Morgan fingerprint density at radius 2 is 1.80 bits per heavy atom. The quantitative estimate of drug-likeness (QED) is 0.446. The molecule has 0 aromatic carbocycles. The predicted octanol–water partition coefficient (Wildman–Crippen LogP) is -7.79. The van der Waals surface area contributed by atoms with Gasteiger partial charge in [-0.25, -0.2) is 0 Å². The fourth-order valence-corrected chi connectivity index (χ4v) is 2.34. The Bertz CT molecular complexity index is 149. The number of hydrogen-bond acceptors (Lipinski definition) is 0. The van der Waals surface area contributed by atoms with Crippen molar-refractivity contribution in [3.8, 4) is 0 Å². The van der Waals surface area contributed by atoms with Gasteiger partial charge >= 0.3 is 60.3 Å². The first-order valence-electron chi connectivity index (χ1n) is 2.16. The van der Waals surface area contributed by atoms with E-state index >= 15 is 0 Å². The van der Waals surface area contributed by atoms with Gasteiger partial charge in [-0.1, -0.05) is 0 Å². The van der Waals surface area contributed by atoms with Crippen molar-refractivity contribution >= 4 is 11.5 Å². The van der Waals surface area contributed by atoms with Crippen LogP contribution in [0.3, 0.4) is 0 Å². The summed E-state index contributed by atoms with van der Waals surface area (Å²) >= 11 is 1.56. The minimum Gasteiger partial charge on any atom is -1.00 e.